The molecule has 2 aliphatic heterocycles. The zero-order valence-electron chi connectivity index (χ0n) is 17.0. The highest BCUT2D eigenvalue weighted by Crippen LogP contribution is 2.42. The Balaban J connectivity index is 1.74. The normalized spacial score (nSPS) is 24.6. The average molecular weight is 407 g/mol. The lowest BCUT2D eigenvalue weighted by atomic mass is 9.83. The lowest BCUT2D eigenvalue weighted by molar-refractivity contribution is -0.126. The number of nitrogens with zero attached hydrogens (tertiary/aromatic N) is 1. The fourth-order valence-corrected chi connectivity index (χ4v) is 5.52. The second-order valence-electron chi connectivity index (χ2n) is 8.64. The number of fused-ring (bicyclic) bond motifs is 2. The Bertz CT molecular complexity index is 832. The van der Waals surface area contributed by atoms with Gasteiger partial charge in [0.1, 0.15) is 5.78 Å². The third kappa shape index (κ3) is 4.09. The molecule has 0 aromatic heterocycles. The van der Waals surface area contributed by atoms with Crippen molar-refractivity contribution in [3.63, 3.8) is 0 Å². The highest BCUT2D eigenvalue weighted by atomic mass is 32.2. The molecule has 28 heavy (non-hydrogen) atoms. The molecule has 2 heterocycles. The molecule has 2 atom stereocenters. The fourth-order valence-electron chi connectivity index (χ4n) is 4.41. The number of Topliss-reactive ketones (excluding diaryl/α,β-unsaturated/α-hetero) is 1. The van der Waals surface area contributed by atoms with Gasteiger partial charge >= 0.3 is 0 Å². The van der Waals surface area contributed by atoms with Gasteiger partial charge < -0.3 is 4.90 Å². The number of hydrogen-bond donors (Lipinski definition) is 1. The van der Waals surface area contributed by atoms with Gasteiger partial charge in [-0.3, -0.25) is 9.59 Å². The molecular formula is C21H30N2O4S. The number of ketones is 1. The van der Waals surface area contributed by atoms with Gasteiger partial charge in [-0.15, -0.1) is 0 Å². The molecule has 3 rings (SSSR count). The van der Waals surface area contributed by atoms with Gasteiger partial charge in [-0.2, -0.15) is 0 Å². The molecule has 2 aliphatic rings. The molecule has 0 saturated carbocycles. The number of carbonyl (C=O) groups excluding carboxylic acids is 2. The molecule has 1 N–H and O–H groups in total. The van der Waals surface area contributed by atoms with Crippen molar-refractivity contribution in [3.8, 4) is 0 Å². The fraction of sp³-hybridized carbons (Fsp3) is 0.619. The average Bonchev–Trinajstić information content (AvgIpc) is 2.90. The van der Waals surface area contributed by atoms with Gasteiger partial charge in [0.2, 0.25) is 5.91 Å². The van der Waals surface area contributed by atoms with E-state index >= 15 is 0 Å². The van der Waals surface area contributed by atoms with E-state index in [1.54, 1.807) is 26.0 Å². The first kappa shape index (κ1) is 20.8. The van der Waals surface area contributed by atoms with Crippen molar-refractivity contribution in [1.82, 2.24) is 4.72 Å². The van der Waals surface area contributed by atoms with Crippen molar-refractivity contribution in [2.24, 2.45) is 17.8 Å². The lowest BCUT2D eigenvalue weighted by Gasteiger charge is -2.40. The van der Waals surface area contributed by atoms with Crippen LogP contribution in [-0.2, 0) is 19.6 Å². The number of anilines is 1. The highest BCUT2D eigenvalue weighted by molar-refractivity contribution is 7.90. The Morgan fingerprint density at radius 1 is 0.964 bits per heavy atom. The van der Waals surface area contributed by atoms with Crippen molar-refractivity contribution >= 4 is 27.4 Å². The van der Waals surface area contributed by atoms with Crippen molar-refractivity contribution in [3.05, 3.63) is 24.3 Å². The van der Waals surface area contributed by atoms with E-state index in [2.05, 4.69) is 9.62 Å². The zero-order valence-corrected chi connectivity index (χ0v) is 17.8. The lowest BCUT2D eigenvalue weighted by Crippen LogP contribution is -2.45. The van der Waals surface area contributed by atoms with E-state index in [-0.39, 0.29) is 16.7 Å². The monoisotopic (exact) mass is 406 g/mol. The van der Waals surface area contributed by atoms with Gasteiger partial charge in [-0.05, 0) is 49.9 Å². The predicted molar refractivity (Wildman–Crippen MR) is 108 cm³/mol. The van der Waals surface area contributed by atoms with E-state index in [0.29, 0.717) is 17.9 Å². The number of sulfonamides is 1. The van der Waals surface area contributed by atoms with E-state index in [0.717, 1.165) is 31.4 Å². The summed E-state index contributed by atoms with van der Waals surface area (Å²) in [5, 5.41) is 0. The standard InChI is InChI=1S/C21H30N2O4S/c1-13(2)20(24)15-11-17-5-6-18(12-15)23(17)16-7-9-19(10-8-16)28(26,27)22-21(25)14(3)4/h7-10,13-15,17-18H,5-6,11-12H2,1-4H3,(H,22,25). The van der Waals surface area contributed by atoms with Gasteiger partial charge in [-0.1, -0.05) is 27.7 Å². The third-order valence-electron chi connectivity index (χ3n) is 5.91. The second-order valence-corrected chi connectivity index (χ2v) is 10.3. The molecule has 2 bridgehead atoms. The molecule has 154 valence electrons. The van der Waals surface area contributed by atoms with Crippen LogP contribution < -0.4 is 9.62 Å². The summed E-state index contributed by atoms with van der Waals surface area (Å²) in [4.78, 5) is 26.6. The summed E-state index contributed by atoms with van der Waals surface area (Å²) in [6.07, 6.45) is 3.88. The molecule has 2 unspecified atom stereocenters. The number of nitrogens with one attached hydrogen (secondary N) is 1. The maximum Gasteiger partial charge on any atom is 0.264 e. The number of hydrogen-bond acceptors (Lipinski definition) is 5. The van der Waals surface area contributed by atoms with Crippen LogP contribution in [0.3, 0.4) is 0 Å². The van der Waals surface area contributed by atoms with Gasteiger partial charge in [0, 0.05) is 35.5 Å². The highest BCUT2D eigenvalue weighted by Gasteiger charge is 2.43. The topological polar surface area (TPSA) is 83.6 Å². The van der Waals surface area contributed by atoms with Crippen molar-refractivity contribution < 1.29 is 18.0 Å². The Hall–Kier alpha value is -1.89. The summed E-state index contributed by atoms with van der Waals surface area (Å²) in [6.45, 7) is 7.23. The third-order valence-corrected chi connectivity index (χ3v) is 7.27. The van der Waals surface area contributed by atoms with Gasteiger partial charge in [0.05, 0.1) is 4.90 Å². The minimum absolute atomic E-state index is 0.0708. The summed E-state index contributed by atoms with van der Waals surface area (Å²) < 4.78 is 26.9. The number of carbonyl (C=O) groups is 2. The summed E-state index contributed by atoms with van der Waals surface area (Å²) >= 11 is 0. The first-order chi connectivity index (χ1) is 13.1. The second kappa shape index (κ2) is 7.85. The molecule has 0 aliphatic carbocycles. The van der Waals surface area contributed by atoms with Crippen molar-refractivity contribution in [2.75, 3.05) is 4.90 Å². The van der Waals surface area contributed by atoms with Crippen LogP contribution in [0.1, 0.15) is 53.4 Å². The van der Waals surface area contributed by atoms with E-state index < -0.39 is 21.8 Å². The maximum absolute atomic E-state index is 12.4. The summed E-state index contributed by atoms with van der Waals surface area (Å²) in [7, 11) is -3.86. The van der Waals surface area contributed by atoms with Crippen LogP contribution in [-0.4, -0.2) is 32.2 Å². The van der Waals surface area contributed by atoms with Gasteiger partial charge in [-0.25, -0.2) is 13.1 Å². The Morgan fingerprint density at radius 2 is 1.50 bits per heavy atom. The quantitative estimate of drug-likeness (QED) is 0.785. The minimum Gasteiger partial charge on any atom is -0.366 e. The van der Waals surface area contributed by atoms with E-state index in [1.165, 1.54) is 0 Å². The van der Waals surface area contributed by atoms with Crippen LogP contribution in [0.25, 0.3) is 0 Å². The summed E-state index contributed by atoms with van der Waals surface area (Å²) in [6, 6.07) is 7.38. The SMILES string of the molecule is CC(C)C(=O)NS(=O)(=O)c1ccc(N2C3CCC2CC(C(=O)C(C)C)C3)cc1. The summed E-state index contributed by atoms with van der Waals surface area (Å²) in [5.41, 5.74) is 0.983. The molecule has 1 aromatic rings. The van der Waals surface area contributed by atoms with E-state index in [1.807, 2.05) is 26.0 Å². The van der Waals surface area contributed by atoms with Crippen LogP contribution in [0, 0.1) is 17.8 Å². The molecule has 0 spiro atoms. The molecular weight excluding hydrogens is 376 g/mol. The molecule has 1 amide bonds. The minimum atomic E-state index is -3.86. The Labute approximate surface area is 167 Å². The Kier molecular flexibility index (Phi) is 5.84. The van der Waals surface area contributed by atoms with Gasteiger partial charge in [0.25, 0.3) is 10.0 Å². The van der Waals surface area contributed by atoms with Crippen LogP contribution in [0.2, 0.25) is 0 Å². The van der Waals surface area contributed by atoms with E-state index in [4.69, 9.17) is 0 Å². The number of amides is 1. The molecule has 7 heteroatoms. The van der Waals surface area contributed by atoms with Gasteiger partial charge in [0.15, 0.2) is 0 Å². The Morgan fingerprint density at radius 3 is 1.96 bits per heavy atom. The first-order valence-electron chi connectivity index (χ1n) is 10.1. The van der Waals surface area contributed by atoms with Crippen LogP contribution in [0.15, 0.2) is 29.2 Å². The molecule has 2 saturated heterocycles. The van der Waals surface area contributed by atoms with Crippen LogP contribution >= 0.6 is 0 Å². The molecule has 6 nitrogen and oxygen atoms in total. The molecule has 1 aromatic carbocycles. The first-order valence-corrected chi connectivity index (χ1v) is 11.6. The predicted octanol–water partition coefficient (Wildman–Crippen LogP) is 3.12. The van der Waals surface area contributed by atoms with Crippen LogP contribution in [0.4, 0.5) is 5.69 Å². The number of piperidine rings is 1. The number of benzene rings is 1. The van der Waals surface area contributed by atoms with E-state index in [9.17, 15) is 18.0 Å². The molecule has 0 radical (unpaired) electrons. The largest absolute Gasteiger partial charge is 0.366 e. The summed E-state index contributed by atoms with van der Waals surface area (Å²) in [5.74, 6) is -0.349. The van der Waals surface area contributed by atoms with Crippen LogP contribution in [0.5, 0.6) is 0 Å². The zero-order chi connectivity index (χ0) is 20.6. The number of rotatable bonds is 6. The molecule has 2 fully saturated rings. The van der Waals surface area contributed by atoms with Crippen molar-refractivity contribution in [2.45, 2.75) is 70.4 Å². The smallest absolute Gasteiger partial charge is 0.264 e. The van der Waals surface area contributed by atoms with Crippen molar-refractivity contribution in [1.29, 1.82) is 0 Å². The maximum atomic E-state index is 12.4.